The first kappa shape index (κ1) is 24.4. The van der Waals surface area contributed by atoms with E-state index in [0.29, 0.717) is 11.6 Å². The lowest BCUT2D eigenvalue weighted by atomic mass is 10.2. The molecule has 1 aliphatic heterocycles. The van der Waals surface area contributed by atoms with Crippen LogP contribution in [0.15, 0.2) is 47.5 Å². The molecule has 1 atom stereocenters. The Labute approximate surface area is 211 Å². The van der Waals surface area contributed by atoms with Crippen molar-refractivity contribution in [1.29, 1.82) is 0 Å². The Balaban J connectivity index is 0.00000289. The van der Waals surface area contributed by atoms with Crippen LogP contribution in [0.3, 0.4) is 0 Å². The minimum atomic E-state index is 0. The second-order valence-electron chi connectivity index (χ2n) is 7.66. The van der Waals surface area contributed by atoms with Crippen LogP contribution in [0.4, 0.5) is 5.69 Å². The zero-order valence-electron chi connectivity index (χ0n) is 18.6. The maximum Gasteiger partial charge on any atom is 0.191 e. The van der Waals surface area contributed by atoms with Gasteiger partial charge in [-0.3, -0.25) is 0 Å². The number of aromatic nitrogens is 2. The Hall–Kier alpha value is -2.20. The number of para-hydroxylation sites is 2. The Morgan fingerprint density at radius 2 is 2.09 bits per heavy atom. The van der Waals surface area contributed by atoms with E-state index in [1.807, 2.05) is 43.4 Å². The lowest BCUT2D eigenvalue weighted by Crippen LogP contribution is -2.44. The molecule has 0 aliphatic carbocycles. The number of nitrogens with one attached hydrogen (secondary N) is 2. The topological polar surface area (TPSA) is 66.7 Å². The number of anilines is 1. The van der Waals surface area contributed by atoms with Gasteiger partial charge < -0.3 is 24.8 Å². The molecule has 1 fully saturated rings. The first-order valence-electron chi connectivity index (χ1n) is 10.6. The second kappa shape index (κ2) is 11.1. The van der Waals surface area contributed by atoms with Crippen LogP contribution in [0.2, 0.25) is 5.02 Å². The van der Waals surface area contributed by atoms with Crippen molar-refractivity contribution >= 4 is 58.3 Å². The van der Waals surface area contributed by atoms with Crippen molar-refractivity contribution in [3.8, 4) is 5.75 Å². The smallest absolute Gasteiger partial charge is 0.191 e. The molecule has 1 unspecified atom stereocenters. The van der Waals surface area contributed by atoms with Crippen LogP contribution in [-0.4, -0.2) is 48.3 Å². The van der Waals surface area contributed by atoms with Crippen molar-refractivity contribution in [2.45, 2.75) is 25.9 Å². The van der Waals surface area contributed by atoms with Gasteiger partial charge in [0.15, 0.2) is 5.96 Å². The predicted molar refractivity (Wildman–Crippen MR) is 143 cm³/mol. The van der Waals surface area contributed by atoms with Gasteiger partial charge in [-0.25, -0.2) is 9.98 Å². The van der Waals surface area contributed by atoms with Gasteiger partial charge in [-0.1, -0.05) is 23.7 Å². The summed E-state index contributed by atoms with van der Waals surface area (Å²) < 4.78 is 7.63. The summed E-state index contributed by atoms with van der Waals surface area (Å²) >= 11 is 6.22. The van der Waals surface area contributed by atoms with Crippen LogP contribution in [0.1, 0.15) is 19.2 Å². The highest BCUT2D eigenvalue weighted by Crippen LogP contribution is 2.33. The zero-order chi connectivity index (χ0) is 21.8. The molecule has 3 aromatic rings. The van der Waals surface area contributed by atoms with Crippen LogP contribution in [0.5, 0.6) is 5.75 Å². The fourth-order valence-electron chi connectivity index (χ4n) is 4.01. The second-order valence-corrected chi connectivity index (χ2v) is 8.10. The summed E-state index contributed by atoms with van der Waals surface area (Å²) in [6, 6.07) is 14.2. The number of hydrogen-bond donors (Lipinski definition) is 2. The van der Waals surface area contributed by atoms with E-state index in [4.69, 9.17) is 26.3 Å². The average molecular weight is 569 g/mol. The number of aryl methyl sites for hydroxylation is 1. The number of benzene rings is 2. The van der Waals surface area contributed by atoms with E-state index >= 15 is 0 Å². The Kier molecular flexibility index (Phi) is 8.47. The number of rotatable bonds is 6. The lowest BCUT2D eigenvalue weighted by molar-refractivity contribution is 0.415. The van der Waals surface area contributed by atoms with Crippen molar-refractivity contribution in [1.82, 2.24) is 20.2 Å². The minimum Gasteiger partial charge on any atom is -0.495 e. The molecule has 0 saturated carbocycles. The standard InChI is InChI=1S/C23H29ClN6O.HI/c1-4-25-23(26-14-22-28-18-7-5-6-8-19(18)29(22)2)27-17-11-12-30(15-17)20-13-16(24)9-10-21(20)31-3;/h5-10,13,17H,4,11-12,14-15H2,1-3H3,(H2,25,26,27);1H. The van der Waals surface area contributed by atoms with Gasteiger partial charge >= 0.3 is 0 Å². The minimum absolute atomic E-state index is 0. The van der Waals surface area contributed by atoms with Crippen LogP contribution >= 0.6 is 35.6 Å². The molecular formula is C23H30ClIN6O. The number of nitrogens with zero attached hydrogens (tertiary/aromatic N) is 4. The summed E-state index contributed by atoms with van der Waals surface area (Å²) in [5.74, 6) is 2.59. The first-order valence-corrected chi connectivity index (χ1v) is 11.0. The lowest BCUT2D eigenvalue weighted by Gasteiger charge is -2.22. The SMILES string of the molecule is CCNC(=NCc1nc2ccccc2n1C)NC1CCN(c2cc(Cl)ccc2OC)C1.I. The summed E-state index contributed by atoms with van der Waals surface area (Å²) in [7, 11) is 3.73. The van der Waals surface area contributed by atoms with Crippen LogP contribution in [-0.2, 0) is 13.6 Å². The fraction of sp³-hybridized carbons (Fsp3) is 0.391. The Morgan fingerprint density at radius 1 is 1.28 bits per heavy atom. The van der Waals surface area contributed by atoms with Crippen LogP contribution < -0.4 is 20.3 Å². The third-order valence-corrected chi connectivity index (χ3v) is 5.85. The molecule has 2 aromatic carbocycles. The van der Waals surface area contributed by atoms with E-state index in [-0.39, 0.29) is 30.0 Å². The molecule has 9 heteroatoms. The van der Waals surface area contributed by atoms with E-state index in [1.54, 1.807) is 7.11 Å². The van der Waals surface area contributed by atoms with Crippen molar-refractivity contribution < 1.29 is 4.74 Å². The molecule has 32 heavy (non-hydrogen) atoms. The van der Waals surface area contributed by atoms with Gasteiger partial charge in [-0.05, 0) is 43.7 Å². The molecule has 0 bridgehead atoms. The number of aliphatic imine (C=N–C) groups is 1. The van der Waals surface area contributed by atoms with Gasteiger partial charge in [-0.15, -0.1) is 24.0 Å². The average Bonchev–Trinajstić information content (AvgIpc) is 3.37. The number of methoxy groups -OCH3 is 1. The van der Waals surface area contributed by atoms with Crippen molar-refractivity contribution in [2.75, 3.05) is 31.6 Å². The molecule has 1 aliphatic rings. The largest absolute Gasteiger partial charge is 0.495 e. The molecule has 2 heterocycles. The number of guanidine groups is 1. The highest BCUT2D eigenvalue weighted by molar-refractivity contribution is 14.0. The highest BCUT2D eigenvalue weighted by Gasteiger charge is 2.25. The third-order valence-electron chi connectivity index (χ3n) is 5.61. The maximum absolute atomic E-state index is 6.22. The number of ether oxygens (including phenoxy) is 1. The number of hydrogen-bond acceptors (Lipinski definition) is 4. The quantitative estimate of drug-likeness (QED) is 0.265. The predicted octanol–water partition coefficient (Wildman–Crippen LogP) is 4.19. The Morgan fingerprint density at radius 3 is 2.84 bits per heavy atom. The molecule has 0 spiro atoms. The highest BCUT2D eigenvalue weighted by atomic mass is 127. The number of fused-ring (bicyclic) bond motifs is 1. The van der Waals surface area contributed by atoms with Crippen molar-refractivity contribution in [2.24, 2.45) is 12.0 Å². The molecule has 1 aromatic heterocycles. The van der Waals surface area contributed by atoms with Crippen molar-refractivity contribution in [3.05, 3.63) is 53.3 Å². The Bertz CT molecular complexity index is 1090. The van der Waals surface area contributed by atoms with E-state index < -0.39 is 0 Å². The fourth-order valence-corrected chi connectivity index (χ4v) is 4.17. The first-order chi connectivity index (χ1) is 15.1. The number of imidazole rings is 1. The summed E-state index contributed by atoms with van der Waals surface area (Å²) in [5.41, 5.74) is 3.14. The van der Waals surface area contributed by atoms with E-state index in [1.165, 1.54) is 0 Å². The van der Waals surface area contributed by atoms with Gasteiger partial charge in [0.25, 0.3) is 0 Å². The van der Waals surface area contributed by atoms with Gasteiger partial charge in [0.2, 0.25) is 0 Å². The molecule has 0 amide bonds. The van der Waals surface area contributed by atoms with Crippen molar-refractivity contribution in [3.63, 3.8) is 0 Å². The van der Waals surface area contributed by atoms with Crippen LogP contribution in [0, 0.1) is 0 Å². The van der Waals surface area contributed by atoms with E-state index in [2.05, 4.69) is 33.1 Å². The summed E-state index contributed by atoms with van der Waals surface area (Å²) in [6.07, 6.45) is 1.01. The normalized spacial score (nSPS) is 16.2. The zero-order valence-corrected chi connectivity index (χ0v) is 21.7. The van der Waals surface area contributed by atoms with Gasteiger partial charge in [-0.2, -0.15) is 0 Å². The van der Waals surface area contributed by atoms with Crippen LogP contribution in [0.25, 0.3) is 11.0 Å². The van der Waals surface area contributed by atoms with Gasteiger partial charge in [0.1, 0.15) is 18.1 Å². The molecular weight excluding hydrogens is 539 g/mol. The molecule has 4 rings (SSSR count). The monoisotopic (exact) mass is 568 g/mol. The molecule has 2 N–H and O–H groups in total. The third kappa shape index (κ3) is 5.40. The maximum atomic E-state index is 6.22. The molecule has 7 nitrogen and oxygen atoms in total. The summed E-state index contributed by atoms with van der Waals surface area (Å²) in [6.45, 7) is 5.17. The van der Waals surface area contributed by atoms with Gasteiger partial charge in [0, 0.05) is 37.7 Å². The van der Waals surface area contributed by atoms with E-state index in [0.717, 1.165) is 60.3 Å². The molecule has 0 radical (unpaired) electrons. The molecule has 172 valence electrons. The summed E-state index contributed by atoms with van der Waals surface area (Å²) in [5, 5.41) is 7.65. The van der Waals surface area contributed by atoms with E-state index in [9.17, 15) is 0 Å². The summed E-state index contributed by atoms with van der Waals surface area (Å²) in [4.78, 5) is 11.8. The van der Waals surface area contributed by atoms with Gasteiger partial charge in [0.05, 0.1) is 23.8 Å². The number of halogens is 2. The molecule has 1 saturated heterocycles.